The molecule has 3 nitrogen and oxygen atoms in total. The largest absolute Gasteiger partial charge is 0.325 e. The molecule has 90 valence electrons. The second kappa shape index (κ2) is 4.72. The fraction of sp³-hybridized carbons (Fsp3) is 0.357. The molecule has 2 N–H and O–H groups in total. The number of aryl methyl sites for hydroxylation is 1. The quantitative estimate of drug-likeness (QED) is 0.879. The summed E-state index contributed by atoms with van der Waals surface area (Å²) in [5.74, 6) is 0.483. The van der Waals surface area contributed by atoms with Crippen molar-refractivity contribution in [3.05, 3.63) is 47.3 Å². The van der Waals surface area contributed by atoms with E-state index in [-0.39, 0.29) is 0 Å². The Morgan fingerprint density at radius 2 is 2.00 bits per heavy atom. The van der Waals surface area contributed by atoms with Gasteiger partial charge in [0.25, 0.3) is 0 Å². The van der Waals surface area contributed by atoms with Crippen molar-refractivity contribution in [2.75, 3.05) is 0 Å². The predicted octanol–water partition coefficient (Wildman–Crippen LogP) is 2.76. The van der Waals surface area contributed by atoms with Gasteiger partial charge >= 0.3 is 0 Å². The van der Waals surface area contributed by atoms with E-state index in [4.69, 9.17) is 5.73 Å². The summed E-state index contributed by atoms with van der Waals surface area (Å²) in [5.41, 5.74) is 10.1. The Hall–Kier alpha value is -1.61. The maximum Gasteiger partial charge on any atom is 0.0767 e. The van der Waals surface area contributed by atoms with Crippen molar-refractivity contribution in [1.82, 2.24) is 9.78 Å². The van der Waals surface area contributed by atoms with Crippen LogP contribution in [0.4, 0.5) is 0 Å². The topological polar surface area (TPSA) is 43.8 Å². The van der Waals surface area contributed by atoms with E-state index in [0.29, 0.717) is 12.5 Å². The van der Waals surface area contributed by atoms with E-state index in [2.05, 4.69) is 44.1 Å². The minimum Gasteiger partial charge on any atom is -0.325 e. The number of hydrogen-bond donors (Lipinski definition) is 1. The molecule has 17 heavy (non-hydrogen) atoms. The number of benzene rings is 1. The molecule has 0 atom stereocenters. The molecule has 1 aromatic carbocycles. The van der Waals surface area contributed by atoms with E-state index in [0.717, 1.165) is 17.1 Å². The predicted molar refractivity (Wildman–Crippen MR) is 70.3 cm³/mol. The average molecular weight is 229 g/mol. The normalized spacial score (nSPS) is 11.1. The second-order valence-electron chi connectivity index (χ2n) is 4.61. The average Bonchev–Trinajstić information content (AvgIpc) is 2.70. The van der Waals surface area contributed by atoms with Crippen molar-refractivity contribution in [1.29, 1.82) is 0 Å². The molecule has 2 aromatic rings. The summed E-state index contributed by atoms with van der Waals surface area (Å²) in [5, 5.41) is 4.53. The van der Waals surface area contributed by atoms with Crippen LogP contribution in [-0.2, 0) is 6.54 Å². The van der Waals surface area contributed by atoms with Crippen LogP contribution in [0.5, 0.6) is 0 Å². The lowest BCUT2D eigenvalue weighted by atomic mass is 10.0. The van der Waals surface area contributed by atoms with E-state index < -0.39 is 0 Å². The third-order valence-corrected chi connectivity index (χ3v) is 2.93. The first-order valence-corrected chi connectivity index (χ1v) is 5.98. The van der Waals surface area contributed by atoms with Gasteiger partial charge in [0.2, 0.25) is 0 Å². The first kappa shape index (κ1) is 11.9. The Bertz CT molecular complexity index is 512. The van der Waals surface area contributed by atoms with E-state index in [1.165, 1.54) is 5.56 Å². The van der Waals surface area contributed by atoms with Crippen LogP contribution in [0.2, 0.25) is 0 Å². The number of nitrogens with two attached hydrogens (primary N) is 1. The zero-order chi connectivity index (χ0) is 12.4. The fourth-order valence-electron chi connectivity index (χ4n) is 2.05. The van der Waals surface area contributed by atoms with Crippen LogP contribution in [0.25, 0.3) is 5.69 Å². The SMILES string of the molecule is Cc1cc(CN)nn1-c1ccccc1C(C)C. The van der Waals surface area contributed by atoms with Crippen LogP contribution in [0, 0.1) is 6.92 Å². The maximum atomic E-state index is 5.63. The van der Waals surface area contributed by atoms with Gasteiger partial charge in [-0.2, -0.15) is 5.10 Å². The van der Waals surface area contributed by atoms with Crippen LogP contribution >= 0.6 is 0 Å². The first-order chi connectivity index (χ1) is 8.13. The van der Waals surface area contributed by atoms with Gasteiger partial charge in [-0.1, -0.05) is 32.0 Å². The summed E-state index contributed by atoms with van der Waals surface area (Å²) in [7, 11) is 0. The van der Waals surface area contributed by atoms with Crippen LogP contribution in [-0.4, -0.2) is 9.78 Å². The van der Waals surface area contributed by atoms with Gasteiger partial charge in [0.05, 0.1) is 11.4 Å². The molecule has 0 radical (unpaired) electrons. The summed E-state index contributed by atoms with van der Waals surface area (Å²) >= 11 is 0. The molecule has 0 saturated carbocycles. The minimum absolute atomic E-state index is 0.483. The van der Waals surface area contributed by atoms with E-state index >= 15 is 0 Å². The molecular weight excluding hydrogens is 210 g/mol. The van der Waals surface area contributed by atoms with Gasteiger partial charge in [-0.3, -0.25) is 0 Å². The van der Waals surface area contributed by atoms with Gasteiger partial charge in [0.1, 0.15) is 0 Å². The molecule has 1 aromatic heterocycles. The van der Waals surface area contributed by atoms with Crippen molar-refractivity contribution < 1.29 is 0 Å². The molecular formula is C14H19N3. The highest BCUT2D eigenvalue weighted by molar-refractivity contribution is 5.43. The molecule has 3 heteroatoms. The number of nitrogens with zero attached hydrogens (tertiary/aromatic N) is 2. The summed E-state index contributed by atoms with van der Waals surface area (Å²) < 4.78 is 1.98. The summed E-state index contributed by atoms with van der Waals surface area (Å²) in [6.07, 6.45) is 0. The molecule has 0 aliphatic carbocycles. The van der Waals surface area contributed by atoms with Crippen molar-refractivity contribution in [3.8, 4) is 5.69 Å². The Morgan fingerprint density at radius 3 is 2.59 bits per heavy atom. The molecule has 1 heterocycles. The number of hydrogen-bond acceptors (Lipinski definition) is 2. The van der Waals surface area contributed by atoms with Crippen molar-refractivity contribution in [3.63, 3.8) is 0 Å². The van der Waals surface area contributed by atoms with Gasteiger partial charge in [-0.15, -0.1) is 0 Å². The summed E-state index contributed by atoms with van der Waals surface area (Å²) in [6, 6.07) is 10.4. The Morgan fingerprint density at radius 1 is 1.29 bits per heavy atom. The van der Waals surface area contributed by atoms with Crippen molar-refractivity contribution in [2.24, 2.45) is 5.73 Å². The second-order valence-corrected chi connectivity index (χ2v) is 4.61. The number of rotatable bonds is 3. The lowest BCUT2D eigenvalue weighted by molar-refractivity contribution is 0.776. The lowest BCUT2D eigenvalue weighted by Crippen LogP contribution is -2.05. The maximum absolute atomic E-state index is 5.63. The third kappa shape index (κ3) is 2.24. The first-order valence-electron chi connectivity index (χ1n) is 5.98. The highest BCUT2D eigenvalue weighted by Crippen LogP contribution is 2.23. The third-order valence-electron chi connectivity index (χ3n) is 2.93. The zero-order valence-corrected chi connectivity index (χ0v) is 10.6. The lowest BCUT2D eigenvalue weighted by Gasteiger charge is -2.13. The molecule has 0 fully saturated rings. The van der Waals surface area contributed by atoms with E-state index in [9.17, 15) is 0 Å². The fourth-order valence-corrected chi connectivity index (χ4v) is 2.05. The Labute approximate surface area is 102 Å². The molecule has 0 unspecified atom stereocenters. The monoisotopic (exact) mass is 229 g/mol. The van der Waals surface area contributed by atoms with E-state index in [1.54, 1.807) is 0 Å². The number of para-hydroxylation sites is 1. The zero-order valence-electron chi connectivity index (χ0n) is 10.6. The van der Waals surface area contributed by atoms with E-state index in [1.807, 2.05) is 16.8 Å². The molecule has 0 aliphatic heterocycles. The summed E-state index contributed by atoms with van der Waals surface area (Å²) in [4.78, 5) is 0. The Balaban J connectivity index is 2.55. The highest BCUT2D eigenvalue weighted by atomic mass is 15.3. The molecule has 2 rings (SSSR count). The molecule has 0 aliphatic rings. The molecule has 0 amide bonds. The standard InChI is InChI=1S/C14H19N3/c1-10(2)13-6-4-5-7-14(13)17-11(3)8-12(9-15)16-17/h4-8,10H,9,15H2,1-3H3. The Kier molecular flexibility index (Phi) is 3.29. The van der Waals surface area contributed by atoms with Crippen LogP contribution in [0.1, 0.15) is 36.7 Å². The van der Waals surface area contributed by atoms with Crippen LogP contribution in [0.15, 0.2) is 30.3 Å². The molecule has 0 spiro atoms. The smallest absolute Gasteiger partial charge is 0.0767 e. The minimum atomic E-state index is 0.483. The van der Waals surface area contributed by atoms with Crippen LogP contribution < -0.4 is 5.73 Å². The molecule has 0 saturated heterocycles. The van der Waals surface area contributed by atoms with Crippen molar-refractivity contribution in [2.45, 2.75) is 33.2 Å². The summed E-state index contributed by atoms with van der Waals surface area (Å²) in [6.45, 7) is 6.93. The van der Waals surface area contributed by atoms with Crippen molar-refractivity contribution >= 4 is 0 Å². The molecule has 0 bridgehead atoms. The van der Waals surface area contributed by atoms with Gasteiger partial charge in [-0.25, -0.2) is 4.68 Å². The van der Waals surface area contributed by atoms with Crippen LogP contribution in [0.3, 0.4) is 0 Å². The van der Waals surface area contributed by atoms with Gasteiger partial charge in [0.15, 0.2) is 0 Å². The van der Waals surface area contributed by atoms with Gasteiger partial charge in [-0.05, 0) is 30.5 Å². The van der Waals surface area contributed by atoms with Gasteiger partial charge < -0.3 is 5.73 Å². The van der Waals surface area contributed by atoms with Gasteiger partial charge in [0, 0.05) is 12.2 Å². The highest BCUT2D eigenvalue weighted by Gasteiger charge is 2.11. The number of aromatic nitrogens is 2.